The number of carbonyl (C=O) groups is 2. The monoisotopic (exact) mass is 396 g/mol. The van der Waals surface area contributed by atoms with E-state index in [9.17, 15) is 9.59 Å². The Labute approximate surface area is 173 Å². The van der Waals surface area contributed by atoms with Crippen LogP contribution in [0.5, 0.6) is 0 Å². The van der Waals surface area contributed by atoms with Crippen molar-refractivity contribution in [1.82, 2.24) is 20.9 Å². The second-order valence-electron chi connectivity index (χ2n) is 7.22. The number of hydrogen-bond acceptors (Lipinski definition) is 3. The number of amides is 3. The molecule has 0 aliphatic carbocycles. The Kier molecular flexibility index (Phi) is 9.18. The largest absolute Gasteiger partial charge is 0.354 e. The molecule has 6 nitrogen and oxygen atoms in total. The number of hydrogen-bond donors (Lipinski definition) is 3. The second kappa shape index (κ2) is 11.9. The molecule has 0 spiro atoms. The highest BCUT2D eigenvalue weighted by Gasteiger charge is 2.15. The number of aryl methyl sites for hydroxylation is 1. The fourth-order valence-corrected chi connectivity index (χ4v) is 3.00. The van der Waals surface area contributed by atoms with Crippen molar-refractivity contribution >= 4 is 11.9 Å². The van der Waals surface area contributed by atoms with Gasteiger partial charge in [-0.3, -0.25) is 4.79 Å². The summed E-state index contributed by atoms with van der Waals surface area (Å²) in [7, 11) is 4.01. The molecule has 2 aromatic carbocycles. The third-order valence-electron chi connectivity index (χ3n) is 4.82. The fraction of sp³-hybridized carbons (Fsp3) is 0.391. The van der Waals surface area contributed by atoms with E-state index in [0.29, 0.717) is 19.6 Å². The summed E-state index contributed by atoms with van der Waals surface area (Å²) >= 11 is 0. The first kappa shape index (κ1) is 22.4. The van der Waals surface area contributed by atoms with E-state index in [4.69, 9.17) is 0 Å². The van der Waals surface area contributed by atoms with Gasteiger partial charge in [0.25, 0.3) is 0 Å². The van der Waals surface area contributed by atoms with E-state index in [1.165, 1.54) is 11.1 Å². The summed E-state index contributed by atoms with van der Waals surface area (Å²) in [6.07, 6.45) is 1.25. The highest BCUT2D eigenvalue weighted by atomic mass is 16.2. The number of urea groups is 1. The van der Waals surface area contributed by atoms with Gasteiger partial charge in [0, 0.05) is 26.1 Å². The molecule has 0 aliphatic rings. The topological polar surface area (TPSA) is 73.5 Å². The Hall–Kier alpha value is -2.86. The van der Waals surface area contributed by atoms with Gasteiger partial charge in [0.05, 0.1) is 6.04 Å². The molecule has 0 radical (unpaired) electrons. The number of benzene rings is 2. The molecule has 0 unspecified atom stereocenters. The lowest BCUT2D eigenvalue weighted by Gasteiger charge is -2.25. The zero-order chi connectivity index (χ0) is 21.1. The lowest BCUT2D eigenvalue weighted by molar-refractivity contribution is -0.121. The van der Waals surface area contributed by atoms with Gasteiger partial charge in [-0.15, -0.1) is 0 Å². The van der Waals surface area contributed by atoms with E-state index >= 15 is 0 Å². The van der Waals surface area contributed by atoms with E-state index < -0.39 is 0 Å². The summed E-state index contributed by atoms with van der Waals surface area (Å²) in [6.45, 7) is 3.41. The molecule has 0 aromatic heterocycles. The maximum atomic E-state index is 12.2. The number of nitrogens with one attached hydrogen (secondary N) is 3. The molecular weight excluding hydrogens is 364 g/mol. The number of rotatable bonds is 10. The molecule has 0 aliphatic heterocycles. The molecule has 1 atom stereocenters. The SMILES string of the molecule is CCc1ccc([C@@H](CNC(=O)CCNC(=O)NCc2ccccc2)N(C)C)cc1. The van der Waals surface area contributed by atoms with E-state index in [2.05, 4.69) is 52.0 Å². The first-order chi connectivity index (χ1) is 14.0. The van der Waals surface area contributed by atoms with Gasteiger partial charge in [0.2, 0.25) is 5.91 Å². The fourth-order valence-electron chi connectivity index (χ4n) is 3.00. The summed E-state index contributed by atoms with van der Waals surface area (Å²) in [5.74, 6) is -0.0783. The molecule has 2 rings (SSSR count). The molecule has 0 saturated carbocycles. The predicted molar refractivity (Wildman–Crippen MR) is 117 cm³/mol. The molecule has 3 amide bonds. The Balaban J connectivity index is 1.69. The van der Waals surface area contributed by atoms with Gasteiger partial charge in [-0.05, 0) is 37.2 Å². The van der Waals surface area contributed by atoms with Gasteiger partial charge in [-0.2, -0.15) is 0 Å². The highest BCUT2D eigenvalue weighted by Crippen LogP contribution is 2.18. The lowest BCUT2D eigenvalue weighted by atomic mass is 10.0. The molecule has 6 heteroatoms. The van der Waals surface area contributed by atoms with Crippen LogP contribution in [0.25, 0.3) is 0 Å². The minimum absolute atomic E-state index is 0.0783. The number of nitrogens with zero attached hydrogens (tertiary/aromatic N) is 1. The van der Waals surface area contributed by atoms with Crippen molar-refractivity contribution in [1.29, 1.82) is 0 Å². The minimum atomic E-state index is -0.274. The van der Waals surface area contributed by atoms with Crippen LogP contribution >= 0.6 is 0 Å². The smallest absolute Gasteiger partial charge is 0.315 e. The van der Waals surface area contributed by atoms with Gasteiger partial charge in [0.1, 0.15) is 0 Å². The van der Waals surface area contributed by atoms with Gasteiger partial charge >= 0.3 is 6.03 Å². The average Bonchev–Trinajstić information content (AvgIpc) is 2.73. The van der Waals surface area contributed by atoms with Crippen LogP contribution in [0.4, 0.5) is 4.79 Å². The minimum Gasteiger partial charge on any atom is -0.354 e. The van der Waals surface area contributed by atoms with Crippen LogP contribution in [-0.2, 0) is 17.8 Å². The second-order valence-corrected chi connectivity index (χ2v) is 7.22. The van der Waals surface area contributed by atoms with Crippen molar-refractivity contribution in [3.8, 4) is 0 Å². The molecule has 2 aromatic rings. The van der Waals surface area contributed by atoms with Crippen LogP contribution in [0.3, 0.4) is 0 Å². The van der Waals surface area contributed by atoms with Crippen LogP contribution in [-0.4, -0.2) is 44.0 Å². The zero-order valence-electron chi connectivity index (χ0n) is 17.6. The quantitative estimate of drug-likeness (QED) is 0.578. The maximum Gasteiger partial charge on any atom is 0.315 e. The third-order valence-corrected chi connectivity index (χ3v) is 4.82. The molecule has 0 heterocycles. The standard InChI is InChI=1S/C23H32N4O2/c1-4-18-10-12-20(13-11-18)21(27(2)3)17-25-22(28)14-15-24-23(29)26-16-19-8-6-5-7-9-19/h5-13,21H,4,14-17H2,1-3H3,(H,25,28)(H2,24,26,29)/t21-/m1/s1. The zero-order valence-corrected chi connectivity index (χ0v) is 17.6. The van der Waals surface area contributed by atoms with Gasteiger partial charge < -0.3 is 20.9 Å². The number of carbonyl (C=O) groups excluding carboxylic acids is 2. The first-order valence-corrected chi connectivity index (χ1v) is 10.1. The Morgan fingerprint density at radius 1 is 0.897 bits per heavy atom. The predicted octanol–water partition coefficient (Wildman–Crippen LogP) is 2.86. The molecule has 0 saturated heterocycles. The van der Waals surface area contributed by atoms with Crippen LogP contribution in [0.15, 0.2) is 54.6 Å². The Bertz CT molecular complexity index is 760. The van der Waals surface area contributed by atoms with Gasteiger partial charge in [-0.25, -0.2) is 4.79 Å². The van der Waals surface area contributed by atoms with Crippen LogP contribution in [0, 0.1) is 0 Å². The van der Waals surface area contributed by atoms with Crippen LogP contribution in [0.1, 0.15) is 36.1 Å². The van der Waals surface area contributed by atoms with Crippen LogP contribution in [0.2, 0.25) is 0 Å². The maximum absolute atomic E-state index is 12.2. The first-order valence-electron chi connectivity index (χ1n) is 10.1. The average molecular weight is 397 g/mol. The van der Waals surface area contributed by atoms with Crippen molar-refractivity contribution in [2.75, 3.05) is 27.2 Å². The molecule has 3 N–H and O–H groups in total. The molecule has 0 bridgehead atoms. The van der Waals surface area contributed by atoms with Crippen molar-refractivity contribution in [3.63, 3.8) is 0 Å². The van der Waals surface area contributed by atoms with E-state index in [1.807, 2.05) is 44.4 Å². The summed E-state index contributed by atoms with van der Waals surface area (Å²) in [4.78, 5) is 26.1. The van der Waals surface area contributed by atoms with E-state index in [0.717, 1.165) is 12.0 Å². The summed E-state index contributed by atoms with van der Waals surface area (Å²) in [5.41, 5.74) is 3.50. The lowest BCUT2D eigenvalue weighted by Crippen LogP contribution is -2.39. The van der Waals surface area contributed by atoms with Crippen molar-refractivity contribution < 1.29 is 9.59 Å². The van der Waals surface area contributed by atoms with Crippen molar-refractivity contribution in [2.24, 2.45) is 0 Å². The van der Waals surface area contributed by atoms with Gasteiger partial charge in [0.15, 0.2) is 0 Å². The Morgan fingerprint density at radius 3 is 2.21 bits per heavy atom. The third kappa shape index (κ3) is 7.95. The van der Waals surface area contributed by atoms with E-state index in [-0.39, 0.29) is 24.4 Å². The number of likely N-dealkylation sites (N-methyl/N-ethyl adjacent to an activating group) is 1. The normalized spacial score (nSPS) is 11.7. The van der Waals surface area contributed by atoms with Gasteiger partial charge in [-0.1, -0.05) is 61.5 Å². The summed E-state index contributed by atoms with van der Waals surface area (Å²) < 4.78 is 0. The van der Waals surface area contributed by atoms with Crippen molar-refractivity contribution in [2.45, 2.75) is 32.4 Å². The summed E-state index contributed by atoms with van der Waals surface area (Å²) in [5, 5.41) is 8.47. The van der Waals surface area contributed by atoms with Crippen LogP contribution < -0.4 is 16.0 Å². The highest BCUT2D eigenvalue weighted by molar-refractivity contribution is 5.78. The van der Waals surface area contributed by atoms with Crippen molar-refractivity contribution in [3.05, 3.63) is 71.3 Å². The molecular formula is C23H32N4O2. The molecule has 156 valence electrons. The van der Waals surface area contributed by atoms with E-state index in [1.54, 1.807) is 0 Å². The molecule has 0 fully saturated rings. The molecule has 29 heavy (non-hydrogen) atoms. The Morgan fingerprint density at radius 2 is 1.59 bits per heavy atom. The summed E-state index contributed by atoms with van der Waals surface area (Å²) in [6, 6.07) is 18.0.